The Morgan fingerprint density at radius 1 is 0.933 bits per heavy atom. The smallest absolute Gasteiger partial charge is 0.262 e. The number of fused-ring (bicyclic) bond motifs is 1. The van der Waals surface area contributed by atoms with Gasteiger partial charge in [-0.25, -0.2) is 0 Å². The van der Waals surface area contributed by atoms with Gasteiger partial charge in [0.2, 0.25) is 0 Å². The molecular weight excluding hydrogens is 376 g/mol. The van der Waals surface area contributed by atoms with Gasteiger partial charge in [0.05, 0.1) is 19.3 Å². The molecule has 4 rings (SSSR count). The maximum Gasteiger partial charge on any atom is 0.262 e. The number of hydrogen-bond acceptors (Lipinski definition) is 4. The number of carbonyl (C=O) groups excluding carboxylic acids is 1. The average molecular weight is 402 g/mol. The van der Waals surface area contributed by atoms with Crippen LogP contribution in [0.5, 0.6) is 11.5 Å². The molecule has 0 bridgehead atoms. The third-order valence-corrected chi connectivity index (χ3v) is 5.24. The van der Waals surface area contributed by atoms with Gasteiger partial charge in [-0.2, -0.15) is 0 Å². The van der Waals surface area contributed by atoms with Gasteiger partial charge in [0.1, 0.15) is 17.7 Å². The molecule has 3 aromatic carbocycles. The van der Waals surface area contributed by atoms with E-state index in [0.717, 1.165) is 41.3 Å². The Balaban J connectivity index is 1.68. The average Bonchev–Trinajstić information content (AvgIpc) is 2.80. The monoisotopic (exact) mass is 402 g/mol. The molecule has 1 amide bonds. The quantitative estimate of drug-likeness (QED) is 0.519. The number of methoxy groups -OCH3 is 1. The van der Waals surface area contributed by atoms with Crippen molar-refractivity contribution in [2.45, 2.75) is 25.9 Å². The summed E-state index contributed by atoms with van der Waals surface area (Å²) in [4.78, 5) is 15.2. The molecule has 154 valence electrons. The van der Waals surface area contributed by atoms with Crippen molar-refractivity contribution in [1.29, 1.82) is 0 Å². The number of carbonyl (C=O) groups is 1. The Morgan fingerprint density at radius 2 is 1.63 bits per heavy atom. The number of nitrogens with zero attached hydrogens (tertiary/aromatic N) is 1. The van der Waals surface area contributed by atoms with Gasteiger partial charge in [0, 0.05) is 11.4 Å². The first kappa shape index (κ1) is 19.8. The predicted octanol–water partition coefficient (Wildman–Crippen LogP) is 5.65. The molecule has 5 heteroatoms. The molecule has 0 aromatic heterocycles. The van der Waals surface area contributed by atoms with E-state index < -0.39 is 0 Å². The second kappa shape index (κ2) is 8.91. The molecule has 3 aromatic rings. The Morgan fingerprint density at radius 3 is 2.33 bits per heavy atom. The number of anilines is 2. The normalized spacial score (nSPS) is 15.3. The van der Waals surface area contributed by atoms with Gasteiger partial charge in [-0.05, 0) is 60.5 Å². The fourth-order valence-corrected chi connectivity index (χ4v) is 3.58. The molecule has 1 atom stereocenters. The Bertz CT molecular complexity index is 1000. The van der Waals surface area contributed by atoms with Crippen LogP contribution < -0.4 is 19.7 Å². The maximum atomic E-state index is 13.4. The summed E-state index contributed by atoms with van der Waals surface area (Å²) in [6, 6.07) is 23.1. The number of amides is 1. The summed E-state index contributed by atoms with van der Waals surface area (Å²) >= 11 is 0. The lowest BCUT2D eigenvalue weighted by Crippen LogP contribution is -2.43. The zero-order valence-electron chi connectivity index (χ0n) is 17.3. The molecule has 0 unspecified atom stereocenters. The second-order valence-electron chi connectivity index (χ2n) is 7.24. The van der Waals surface area contributed by atoms with Gasteiger partial charge in [-0.15, -0.1) is 0 Å². The standard InChI is InChI=1S/C25H26N2O3/c1-3-4-17-30-21-13-9-18(10-14-21)24-26-23-8-6-5-7-22(23)25(28)27(24)19-11-15-20(29-2)16-12-19/h5-16,24,26H,3-4,17H2,1-2H3/t24-/m1/s1. The van der Waals surface area contributed by atoms with Crippen LogP contribution in [0.2, 0.25) is 0 Å². The largest absolute Gasteiger partial charge is 0.497 e. The zero-order chi connectivity index (χ0) is 20.9. The van der Waals surface area contributed by atoms with Crippen LogP contribution in [0.25, 0.3) is 0 Å². The second-order valence-corrected chi connectivity index (χ2v) is 7.24. The summed E-state index contributed by atoms with van der Waals surface area (Å²) in [5.41, 5.74) is 3.28. The number of hydrogen-bond donors (Lipinski definition) is 1. The van der Waals surface area contributed by atoms with Crippen molar-refractivity contribution in [3.05, 3.63) is 83.9 Å². The highest BCUT2D eigenvalue weighted by molar-refractivity contribution is 6.12. The van der Waals surface area contributed by atoms with Crippen molar-refractivity contribution in [2.24, 2.45) is 0 Å². The van der Waals surface area contributed by atoms with Gasteiger partial charge in [-0.1, -0.05) is 37.6 Å². The predicted molar refractivity (Wildman–Crippen MR) is 119 cm³/mol. The van der Waals surface area contributed by atoms with E-state index in [0.29, 0.717) is 12.2 Å². The number of benzene rings is 3. The third kappa shape index (κ3) is 3.96. The summed E-state index contributed by atoms with van der Waals surface area (Å²) in [5.74, 6) is 1.55. The zero-order valence-corrected chi connectivity index (χ0v) is 17.3. The van der Waals surface area contributed by atoms with Crippen LogP contribution in [0.1, 0.15) is 41.9 Å². The van der Waals surface area contributed by atoms with E-state index >= 15 is 0 Å². The molecule has 1 N–H and O–H groups in total. The van der Waals surface area contributed by atoms with Gasteiger partial charge in [0.15, 0.2) is 0 Å². The van der Waals surface area contributed by atoms with E-state index in [9.17, 15) is 4.79 Å². The maximum absolute atomic E-state index is 13.4. The van der Waals surface area contributed by atoms with Gasteiger partial charge in [0.25, 0.3) is 5.91 Å². The summed E-state index contributed by atoms with van der Waals surface area (Å²) in [6.45, 7) is 2.85. The number of ether oxygens (including phenoxy) is 2. The first-order chi connectivity index (χ1) is 14.7. The van der Waals surface area contributed by atoms with E-state index in [1.165, 1.54) is 0 Å². The Hall–Kier alpha value is -3.47. The lowest BCUT2D eigenvalue weighted by molar-refractivity contribution is 0.0975. The highest BCUT2D eigenvalue weighted by Gasteiger charge is 2.34. The van der Waals surface area contributed by atoms with Crippen LogP contribution in [0.3, 0.4) is 0 Å². The van der Waals surface area contributed by atoms with Crippen molar-refractivity contribution >= 4 is 17.3 Å². The first-order valence-electron chi connectivity index (χ1n) is 10.3. The van der Waals surface area contributed by atoms with Crippen LogP contribution in [0.4, 0.5) is 11.4 Å². The van der Waals surface area contributed by atoms with E-state index in [1.54, 1.807) is 12.0 Å². The van der Waals surface area contributed by atoms with E-state index in [-0.39, 0.29) is 12.1 Å². The van der Waals surface area contributed by atoms with Crippen LogP contribution in [0.15, 0.2) is 72.8 Å². The molecule has 0 saturated carbocycles. The molecule has 0 radical (unpaired) electrons. The number of para-hydroxylation sites is 1. The van der Waals surface area contributed by atoms with Crippen LogP contribution >= 0.6 is 0 Å². The number of rotatable bonds is 7. The fraction of sp³-hybridized carbons (Fsp3) is 0.240. The van der Waals surface area contributed by atoms with Crippen molar-refractivity contribution in [3.8, 4) is 11.5 Å². The van der Waals surface area contributed by atoms with Gasteiger partial charge < -0.3 is 14.8 Å². The highest BCUT2D eigenvalue weighted by Crippen LogP contribution is 2.37. The summed E-state index contributed by atoms with van der Waals surface area (Å²) in [5, 5.41) is 3.53. The third-order valence-electron chi connectivity index (χ3n) is 5.24. The molecule has 0 spiro atoms. The van der Waals surface area contributed by atoms with Crippen molar-refractivity contribution < 1.29 is 14.3 Å². The van der Waals surface area contributed by atoms with E-state index in [4.69, 9.17) is 9.47 Å². The minimum atomic E-state index is -0.328. The molecule has 1 aliphatic rings. The molecule has 0 saturated heterocycles. The highest BCUT2D eigenvalue weighted by atomic mass is 16.5. The number of unbranched alkanes of at least 4 members (excludes halogenated alkanes) is 1. The Kier molecular flexibility index (Phi) is 5.89. The Labute approximate surface area is 177 Å². The van der Waals surface area contributed by atoms with Crippen LogP contribution in [-0.4, -0.2) is 19.6 Å². The summed E-state index contributed by atoms with van der Waals surface area (Å²) in [7, 11) is 1.63. The van der Waals surface area contributed by atoms with E-state index in [1.807, 2.05) is 72.8 Å². The van der Waals surface area contributed by atoms with Crippen molar-refractivity contribution in [2.75, 3.05) is 23.9 Å². The molecule has 1 aliphatic heterocycles. The van der Waals surface area contributed by atoms with Gasteiger partial charge in [-0.3, -0.25) is 9.69 Å². The lowest BCUT2D eigenvalue weighted by Gasteiger charge is -2.38. The van der Waals surface area contributed by atoms with Crippen molar-refractivity contribution in [3.63, 3.8) is 0 Å². The molecule has 0 aliphatic carbocycles. The lowest BCUT2D eigenvalue weighted by atomic mass is 10.0. The summed E-state index contributed by atoms with van der Waals surface area (Å²) in [6.07, 6.45) is 1.80. The molecule has 1 heterocycles. The molecule has 30 heavy (non-hydrogen) atoms. The van der Waals surface area contributed by atoms with Crippen LogP contribution in [0, 0.1) is 0 Å². The first-order valence-corrected chi connectivity index (χ1v) is 10.3. The number of nitrogens with one attached hydrogen (secondary N) is 1. The minimum absolute atomic E-state index is 0.0391. The fourth-order valence-electron chi connectivity index (χ4n) is 3.58. The van der Waals surface area contributed by atoms with Crippen molar-refractivity contribution in [1.82, 2.24) is 0 Å². The molecule has 5 nitrogen and oxygen atoms in total. The van der Waals surface area contributed by atoms with Gasteiger partial charge >= 0.3 is 0 Å². The minimum Gasteiger partial charge on any atom is -0.497 e. The SMILES string of the molecule is CCCCOc1ccc([C@@H]2Nc3ccccc3C(=O)N2c2ccc(OC)cc2)cc1. The molecular formula is C25H26N2O3. The van der Waals surface area contributed by atoms with E-state index in [2.05, 4.69) is 12.2 Å². The topological polar surface area (TPSA) is 50.8 Å². The molecule has 0 fully saturated rings. The summed E-state index contributed by atoms with van der Waals surface area (Å²) < 4.78 is 11.1. The van der Waals surface area contributed by atoms with Crippen LogP contribution in [-0.2, 0) is 0 Å².